The van der Waals surface area contributed by atoms with Crippen molar-refractivity contribution in [1.29, 1.82) is 0 Å². The van der Waals surface area contributed by atoms with Gasteiger partial charge in [0.05, 0.1) is 18.1 Å². The van der Waals surface area contributed by atoms with Gasteiger partial charge in [-0.25, -0.2) is 0 Å². The van der Waals surface area contributed by atoms with Gasteiger partial charge in [-0.3, -0.25) is 4.79 Å². The second kappa shape index (κ2) is 9.13. The Morgan fingerprint density at radius 2 is 2.24 bits per heavy atom. The Labute approximate surface area is 137 Å². The quantitative estimate of drug-likeness (QED) is 0.871. The summed E-state index contributed by atoms with van der Waals surface area (Å²) in [6.07, 6.45) is 1.44. The van der Waals surface area contributed by atoms with Crippen molar-refractivity contribution in [2.75, 3.05) is 19.7 Å². The molecule has 2 atom stereocenters. The first kappa shape index (κ1) is 18.1. The van der Waals surface area contributed by atoms with Crippen LogP contribution in [0.3, 0.4) is 0 Å². The molecule has 2 rings (SSSR count). The first-order chi connectivity index (χ1) is 9.66. The molecule has 0 saturated carbocycles. The number of hydrogen-bond acceptors (Lipinski definition) is 3. The second-order valence-electron chi connectivity index (χ2n) is 5.17. The summed E-state index contributed by atoms with van der Waals surface area (Å²) in [7, 11) is 0. The second-order valence-corrected chi connectivity index (χ2v) is 5.58. The fourth-order valence-electron chi connectivity index (χ4n) is 2.28. The predicted molar refractivity (Wildman–Crippen MR) is 87.4 cm³/mol. The third-order valence-electron chi connectivity index (χ3n) is 3.60. The molecule has 118 valence electrons. The van der Waals surface area contributed by atoms with Gasteiger partial charge in [0, 0.05) is 12.6 Å². The Morgan fingerprint density at radius 3 is 2.95 bits per heavy atom. The number of ether oxygens (including phenoxy) is 1. The smallest absolute Gasteiger partial charge is 0.223 e. The lowest BCUT2D eigenvalue weighted by atomic mass is 9.95. The largest absolute Gasteiger partial charge is 0.491 e. The van der Waals surface area contributed by atoms with Gasteiger partial charge in [-0.2, -0.15) is 0 Å². The predicted octanol–water partition coefficient (Wildman–Crippen LogP) is 2.64. The molecule has 1 saturated heterocycles. The summed E-state index contributed by atoms with van der Waals surface area (Å²) in [4.78, 5) is 11.9. The van der Waals surface area contributed by atoms with E-state index < -0.39 is 0 Å². The Bertz CT molecular complexity index is 457. The van der Waals surface area contributed by atoms with Gasteiger partial charge in [-0.1, -0.05) is 30.7 Å². The third-order valence-corrected chi connectivity index (χ3v) is 3.91. The van der Waals surface area contributed by atoms with Crippen LogP contribution in [0.4, 0.5) is 0 Å². The topological polar surface area (TPSA) is 50.4 Å². The monoisotopic (exact) mass is 332 g/mol. The fourth-order valence-corrected chi connectivity index (χ4v) is 2.47. The van der Waals surface area contributed by atoms with Crippen LogP contribution in [0, 0.1) is 5.92 Å². The van der Waals surface area contributed by atoms with Crippen molar-refractivity contribution >= 4 is 29.9 Å². The average molecular weight is 333 g/mol. The number of para-hydroxylation sites is 1. The summed E-state index contributed by atoms with van der Waals surface area (Å²) in [5.41, 5.74) is 0. The molecular weight excluding hydrogens is 311 g/mol. The van der Waals surface area contributed by atoms with Crippen LogP contribution in [0.25, 0.3) is 0 Å². The van der Waals surface area contributed by atoms with Gasteiger partial charge < -0.3 is 15.4 Å². The zero-order chi connectivity index (χ0) is 14.4. The Balaban J connectivity index is 0.00000220. The van der Waals surface area contributed by atoms with Crippen LogP contribution in [0.2, 0.25) is 5.02 Å². The maximum atomic E-state index is 11.9. The Kier molecular flexibility index (Phi) is 7.86. The van der Waals surface area contributed by atoms with E-state index in [1.54, 1.807) is 12.1 Å². The van der Waals surface area contributed by atoms with Crippen molar-refractivity contribution in [3.05, 3.63) is 29.3 Å². The molecule has 1 aromatic carbocycles. The molecule has 1 fully saturated rings. The fraction of sp³-hybridized carbons (Fsp3) is 0.533. The van der Waals surface area contributed by atoms with Crippen LogP contribution in [0.5, 0.6) is 5.75 Å². The van der Waals surface area contributed by atoms with E-state index in [9.17, 15) is 4.79 Å². The molecule has 1 amide bonds. The van der Waals surface area contributed by atoms with Crippen LogP contribution in [-0.4, -0.2) is 31.6 Å². The van der Waals surface area contributed by atoms with Crippen LogP contribution in [-0.2, 0) is 4.79 Å². The lowest BCUT2D eigenvalue weighted by molar-refractivity contribution is -0.122. The molecule has 2 unspecified atom stereocenters. The van der Waals surface area contributed by atoms with Gasteiger partial charge >= 0.3 is 0 Å². The molecule has 0 aromatic heterocycles. The highest BCUT2D eigenvalue weighted by Gasteiger charge is 2.22. The zero-order valence-electron chi connectivity index (χ0n) is 12.1. The number of hydrogen-bond donors (Lipinski definition) is 2. The van der Waals surface area contributed by atoms with E-state index in [1.165, 1.54) is 0 Å². The van der Waals surface area contributed by atoms with Gasteiger partial charge in [0.1, 0.15) is 5.75 Å². The normalized spacial score (nSPS) is 21.2. The maximum absolute atomic E-state index is 11.9. The standard InChI is InChI=1S/C15H21ClN2O2.ClH/c1-11-6-8-17-10-13(11)18-15(19)7-9-20-14-5-3-2-4-12(14)16;/h2-5,11,13,17H,6-10H2,1H3,(H,18,19);1H. The zero-order valence-corrected chi connectivity index (χ0v) is 13.7. The first-order valence-electron chi connectivity index (χ1n) is 7.04. The molecule has 0 bridgehead atoms. The van der Waals surface area contributed by atoms with Crippen molar-refractivity contribution in [3.8, 4) is 5.75 Å². The molecule has 0 radical (unpaired) electrons. The first-order valence-corrected chi connectivity index (χ1v) is 7.42. The number of carbonyl (C=O) groups excluding carboxylic acids is 1. The van der Waals surface area contributed by atoms with Crippen molar-refractivity contribution in [2.45, 2.75) is 25.8 Å². The number of amides is 1. The minimum atomic E-state index is 0. The minimum Gasteiger partial charge on any atom is -0.491 e. The van der Waals surface area contributed by atoms with E-state index in [0.29, 0.717) is 29.7 Å². The van der Waals surface area contributed by atoms with E-state index in [2.05, 4.69) is 17.6 Å². The van der Waals surface area contributed by atoms with E-state index in [1.807, 2.05) is 12.1 Å². The molecule has 1 aliphatic rings. The van der Waals surface area contributed by atoms with E-state index in [4.69, 9.17) is 16.3 Å². The molecule has 1 heterocycles. The third kappa shape index (κ3) is 5.73. The molecule has 1 aromatic rings. The summed E-state index contributed by atoms with van der Waals surface area (Å²) >= 11 is 5.98. The van der Waals surface area contributed by atoms with Gasteiger partial charge in [-0.15, -0.1) is 12.4 Å². The number of benzene rings is 1. The summed E-state index contributed by atoms with van der Waals surface area (Å²) in [5, 5.41) is 6.92. The SMILES string of the molecule is CC1CCNCC1NC(=O)CCOc1ccccc1Cl.Cl. The average Bonchev–Trinajstić information content (AvgIpc) is 2.43. The number of nitrogens with one attached hydrogen (secondary N) is 2. The van der Waals surface area contributed by atoms with E-state index in [-0.39, 0.29) is 24.4 Å². The molecule has 2 N–H and O–H groups in total. The highest BCUT2D eigenvalue weighted by Crippen LogP contribution is 2.23. The molecule has 4 nitrogen and oxygen atoms in total. The van der Waals surface area contributed by atoms with Gasteiger partial charge in [0.25, 0.3) is 0 Å². The molecular formula is C15H22Cl2N2O2. The minimum absolute atomic E-state index is 0. The maximum Gasteiger partial charge on any atom is 0.223 e. The summed E-state index contributed by atoms with van der Waals surface area (Å²) in [5.74, 6) is 1.16. The molecule has 1 aliphatic heterocycles. The molecule has 0 aliphatic carbocycles. The van der Waals surface area contributed by atoms with E-state index >= 15 is 0 Å². The van der Waals surface area contributed by atoms with Gasteiger partial charge in [-0.05, 0) is 31.0 Å². The Hall–Kier alpha value is -0.970. The summed E-state index contributed by atoms with van der Waals surface area (Å²) in [6.45, 7) is 4.39. The van der Waals surface area contributed by atoms with E-state index in [0.717, 1.165) is 19.5 Å². The van der Waals surface area contributed by atoms with Crippen LogP contribution in [0.1, 0.15) is 19.8 Å². The van der Waals surface area contributed by atoms with Gasteiger partial charge in [0.2, 0.25) is 5.91 Å². The molecule has 6 heteroatoms. The molecule has 0 spiro atoms. The highest BCUT2D eigenvalue weighted by molar-refractivity contribution is 6.32. The lowest BCUT2D eigenvalue weighted by Crippen LogP contribution is -2.50. The highest BCUT2D eigenvalue weighted by atomic mass is 35.5. The lowest BCUT2D eigenvalue weighted by Gasteiger charge is -2.30. The number of rotatable bonds is 5. The van der Waals surface area contributed by atoms with Crippen molar-refractivity contribution in [1.82, 2.24) is 10.6 Å². The molecule has 21 heavy (non-hydrogen) atoms. The van der Waals surface area contributed by atoms with Crippen molar-refractivity contribution < 1.29 is 9.53 Å². The number of carbonyl (C=O) groups is 1. The van der Waals surface area contributed by atoms with Crippen LogP contribution < -0.4 is 15.4 Å². The van der Waals surface area contributed by atoms with Crippen LogP contribution in [0.15, 0.2) is 24.3 Å². The Morgan fingerprint density at radius 1 is 1.48 bits per heavy atom. The van der Waals surface area contributed by atoms with Crippen LogP contribution >= 0.6 is 24.0 Å². The summed E-state index contributed by atoms with van der Waals surface area (Å²) < 4.78 is 5.52. The number of halogens is 2. The van der Waals surface area contributed by atoms with Crippen molar-refractivity contribution in [3.63, 3.8) is 0 Å². The van der Waals surface area contributed by atoms with Gasteiger partial charge in [0.15, 0.2) is 0 Å². The summed E-state index contributed by atoms with van der Waals surface area (Å²) in [6, 6.07) is 7.49. The number of piperidine rings is 1. The van der Waals surface area contributed by atoms with Crippen molar-refractivity contribution in [2.24, 2.45) is 5.92 Å².